The third-order valence-corrected chi connectivity index (χ3v) is 3.82. The van der Waals surface area contributed by atoms with E-state index in [9.17, 15) is 0 Å². The van der Waals surface area contributed by atoms with E-state index in [2.05, 4.69) is 35.9 Å². The van der Waals surface area contributed by atoms with Crippen LogP contribution in [0.25, 0.3) is 0 Å². The van der Waals surface area contributed by atoms with Gasteiger partial charge in [-0.15, -0.1) is 0 Å². The summed E-state index contributed by atoms with van der Waals surface area (Å²) in [6.07, 6.45) is 5.54. The van der Waals surface area contributed by atoms with Gasteiger partial charge < -0.3 is 10.1 Å². The molecule has 1 aromatic heterocycles. The molecule has 1 aliphatic carbocycles. The van der Waals surface area contributed by atoms with Crippen molar-refractivity contribution in [3.8, 4) is 5.75 Å². The lowest BCUT2D eigenvalue weighted by molar-refractivity contribution is 0.395. The number of hydrogen-bond donors (Lipinski definition) is 1. The molecule has 0 aliphatic heterocycles. The van der Waals surface area contributed by atoms with E-state index in [0.717, 1.165) is 12.3 Å². The standard InChI is InChI=1S/C14H25N3O/c1-5-15-12-7-6-11(8-12)14-13(18-4)9-16-17(14)10(2)3/h9-12,15H,5-8H2,1-4H3. The second-order valence-electron chi connectivity index (χ2n) is 5.40. The van der Waals surface area contributed by atoms with Crippen LogP contribution in [-0.4, -0.2) is 29.5 Å². The van der Waals surface area contributed by atoms with Crippen molar-refractivity contribution < 1.29 is 4.74 Å². The van der Waals surface area contributed by atoms with Crippen molar-refractivity contribution in [2.24, 2.45) is 0 Å². The largest absolute Gasteiger partial charge is 0.493 e. The van der Waals surface area contributed by atoms with Crippen molar-refractivity contribution in [1.29, 1.82) is 0 Å². The molecular formula is C14H25N3O. The van der Waals surface area contributed by atoms with Crippen molar-refractivity contribution in [3.63, 3.8) is 0 Å². The molecule has 4 heteroatoms. The first-order chi connectivity index (χ1) is 8.67. The molecule has 0 amide bonds. The lowest BCUT2D eigenvalue weighted by atomic mass is 10.0. The minimum absolute atomic E-state index is 0.391. The first-order valence-corrected chi connectivity index (χ1v) is 7.02. The maximum absolute atomic E-state index is 5.48. The molecule has 0 radical (unpaired) electrons. The highest BCUT2D eigenvalue weighted by molar-refractivity contribution is 5.30. The van der Waals surface area contributed by atoms with Gasteiger partial charge in [0, 0.05) is 18.0 Å². The topological polar surface area (TPSA) is 39.1 Å². The number of nitrogens with one attached hydrogen (secondary N) is 1. The van der Waals surface area contributed by atoms with Crippen molar-refractivity contribution in [1.82, 2.24) is 15.1 Å². The van der Waals surface area contributed by atoms with Crippen molar-refractivity contribution >= 4 is 0 Å². The van der Waals surface area contributed by atoms with E-state index >= 15 is 0 Å². The molecule has 0 bridgehead atoms. The summed E-state index contributed by atoms with van der Waals surface area (Å²) in [4.78, 5) is 0. The molecule has 18 heavy (non-hydrogen) atoms. The van der Waals surface area contributed by atoms with E-state index in [1.54, 1.807) is 7.11 Å². The van der Waals surface area contributed by atoms with E-state index in [-0.39, 0.29) is 0 Å². The van der Waals surface area contributed by atoms with Gasteiger partial charge in [0.2, 0.25) is 0 Å². The normalized spacial score (nSPS) is 23.8. The zero-order valence-electron chi connectivity index (χ0n) is 11.9. The first-order valence-electron chi connectivity index (χ1n) is 7.02. The number of ether oxygens (including phenoxy) is 1. The van der Waals surface area contributed by atoms with E-state index in [1.165, 1.54) is 25.0 Å². The van der Waals surface area contributed by atoms with Crippen LogP contribution >= 0.6 is 0 Å². The summed E-state index contributed by atoms with van der Waals surface area (Å²) in [7, 11) is 1.74. The Bertz CT molecular complexity index is 386. The summed E-state index contributed by atoms with van der Waals surface area (Å²) in [5.74, 6) is 1.53. The molecular weight excluding hydrogens is 226 g/mol. The molecule has 1 saturated carbocycles. The number of aromatic nitrogens is 2. The predicted octanol–water partition coefficient (Wildman–Crippen LogP) is 2.72. The Labute approximate surface area is 110 Å². The molecule has 0 saturated heterocycles. The first kappa shape index (κ1) is 13.4. The number of nitrogens with zero attached hydrogens (tertiary/aromatic N) is 2. The monoisotopic (exact) mass is 251 g/mol. The maximum atomic E-state index is 5.48. The molecule has 102 valence electrons. The average molecular weight is 251 g/mol. The zero-order chi connectivity index (χ0) is 13.1. The van der Waals surface area contributed by atoms with Crippen LogP contribution in [0.3, 0.4) is 0 Å². The number of rotatable bonds is 5. The van der Waals surface area contributed by atoms with Crippen LogP contribution in [0.4, 0.5) is 0 Å². The summed E-state index contributed by atoms with van der Waals surface area (Å²) in [5, 5.41) is 8.03. The molecule has 4 nitrogen and oxygen atoms in total. The lowest BCUT2D eigenvalue weighted by Crippen LogP contribution is -2.25. The van der Waals surface area contributed by atoms with Crippen LogP contribution in [0, 0.1) is 0 Å². The van der Waals surface area contributed by atoms with E-state index in [0.29, 0.717) is 18.0 Å². The van der Waals surface area contributed by atoms with Gasteiger partial charge in [0.25, 0.3) is 0 Å². The quantitative estimate of drug-likeness (QED) is 0.874. The van der Waals surface area contributed by atoms with E-state index in [4.69, 9.17) is 4.74 Å². The van der Waals surface area contributed by atoms with Crippen LogP contribution in [0.15, 0.2) is 6.20 Å². The Kier molecular flexibility index (Phi) is 4.27. The van der Waals surface area contributed by atoms with Crippen LogP contribution < -0.4 is 10.1 Å². The minimum Gasteiger partial charge on any atom is -0.493 e. The van der Waals surface area contributed by atoms with Gasteiger partial charge in [0.05, 0.1) is 19.0 Å². The third kappa shape index (κ3) is 2.53. The number of hydrogen-bond acceptors (Lipinski definition) is 3. The Morgan fingerprint density at radius 2 is 2.28 bits per heavy atom. The Balaban J connectivity index is 2.19. The van der Waals surface area contributed by atoms with Gasteiger partial charge >= 0.3 is 0 Å². The third-order valence-electron chi connectivity index (χ3n) is 3.82. The minimum atomic E-state index is 0.391. The summed E-state index contributed by atoms with van der Waals surface area (Å²) in [6, 6.07) is 1.04. The van der Waals surface area contributed by atoms with Crippen LogP contribution in [0.5, 0.6) is 5.75 Å². The maximum Gasteiger partial charge on any atom is 0.160 e. The van der Waals surface area contributed by atoms with E-state index in [1.807, 2.05) is 6.20 Å². The summed E-state index contributed by atoms with van der Waals surface area (Å²) in [6.45, 7) is 7.57. The highest BCUT2D eigenvalue weighted by Gasteiger charge is 2.30. The molecule has 0 aromatic carbocycles. The highest BCUT2D eigenvalue weighted by Crippen LogP contribution is 2.39. The predicted molar refractivity (Wildman–Crippen MR) is 73.2 cm³/mol. The fraction of sp³-hybridized carbons (Fsp3) is 0.786. The number of methoxy groups -OCH3 is 1. The second kappa shape index (κ2) is 5.74. The fourth-order valence-corrected chi connectivity index (χ4v) is 3.02. The van der Waals surface area contributed by atoms with Gasteiger partial charge in [-0.1, -0.05) is 6.92 Å². The summed E-state index contributed by atoms with van der Waals surface area (Å²) >= 11 is 0. The van der Waals surface area contributed by atoms with Gasteiger partial charge in [-0.3, -0.25) is 4.68 Å². The van der Waals surface area contributed by atoms with Crippen molar-refractivity contribution in [3.05, 3.63) is 11.9 Å². The van der Waals surface area contributed by atoms with Gasteiger partial charge in [-0.05, 0) is 39.7 Å². The van der Waals surface area contributed by atoms with Crippen LogP contribution in [-0.2, 0) is 0 Å². The van der Waals surface area contributed by atoms with Crippen molar-refractivity contribution in [2.45, 2.75) is 58.0 Å². The SMILES string of the molecule is CCNC1CCC(c2c(OC)cnn2C(C)C)C1. The zero-order valence-corrected chi connectivity index (χ0v) is 11.9. The van der Waals surface area contributed by atoms with Gasteiger partial charge in [0.15, 0.2) is 5.75 Å². The van der Waals surface area contributed by atoms with Gasteiger partial charge in [-0.2, -0.15) is 5.10 Å². The Morgan fingerprint density at radius 3 is 2.89 bits per heavy atom. The molecule has 1 N–H and O–H groups in total. The molecule has 1 heterocycles. The molecule has 2 rings (SSSR count). The molecule has 0 spiro atoms. The molecule has 1 fully saturated rings. The van der Waals surface area contributed by atoms with Crippen LogP contribution in [0.1, 0.15) is 57.7 Å². The molecule has 2 atom stereocenters. The Hall–Kier alpha value is -1.03. The lowest BCUT2D eigenvalue weighted by Gasteiger charge is -2.18. The smallest absolute Gasteiger partial charge is 0.160 e. The molecule has 1 aromatic rings. The average Bonchev–Trinajstić information content (AvgIpc) is 2.94. The highest BCUT2D eigenvalue weighted by atomic mass is 16.5. The van der Waals surface area contributed by atoms with Crippen molar-refractivity contribution in [2.75, 3.05) is 13.7 Å². The molecule has 1 aliphatic rings. The van der Waals surface area contributed by atoms with Gasteiger partial charge in [0.1, 0.15) is 0 Å². The molecule has 2 unspecified atom stereocenters. The summed E-state index contributed by atoms with van der Waals surface area (Å²) < 4.78 is 7.60. The Morgan fingerprint density at radius 1 is 1.50 bits per heavy atom. The second-order valence-corrected chi connectivity index (χ2v) is 5.40. The van der Waals surface area contributed by atoms with Gasteiger partial charge in [-0.25, -0.2) is 0 Å². The van der Waals surface area contributed by atoms with Crippen LogP contribution in [0.2, 0.25) is 0 Å². The summed E-state index contributed by atoms with van der Waals surface area (Å²) in [5.41, 5.74) is 1.29. The van der Waals surface area contributed by atoms with E-state index < -0.39 is 0 Å². The fourth-order valence-electron chi connectivity index (χ4n) is 3.02.